The lowest BCUT2D eigenvalue weighted by molar-refractivity contribution is -0.196. The molecule has 0 radical (unpaired) electrons. The van der Waals surface area contributed by atoms with Gasteiger partial charge in [-0.25, -0.2) is 4.68 Å². The fourth-order valence-electron chi connectivity index (χ4n) is 2.93. The van der Waals surface area contributed by atoms with Gasteiger partial charge >= 0.3 is 11.9 Å². The molecule has 2 aromatic rings. The second-order valence-corrected chi connectivity index (χ2v) is 6.82. The standard InChI is InChI=1S/C21H25N3O6/c1-15(25)28-14-20-19(29-16(2)26)8-9-21(30-20)27-11-10-18-13-24(23-22-18)12-17-6-4-3-5-7-17/h3-9,13,19-21H,10-12,14H2,1-2H3/t19-,20+,21?/m0/s1. The summed E-state index contributed by atoms with van der Waals surface area (Å²) in [6.07, 6.45) is 3.87. The van der Waals surface area contributed by atoms with E-state index < -0.39 is 30.4 Å². The Bertz CT molecular complexity index is 867. The predicted octanol–water partition coefficient (Wildman–Crippen LogP) is 1.66. The quantitative estimate of drug-likeness (QED) is 0.450. The minimum absolute atomic E-state index is 0.0364. The maximum Gasteiger partial charge on any atom is 0.303 e. The molecule has 9 nitrogen and oxygen atoms in total. The van der Waals surface area contributed by atoms with Crippen LogP contribution in [0.3, 0.4) is 0 Å². The van der Waals surface area contributed by atoms with Crippen molar-refractivity contribution in [2.24, 2.45) is 0 Å². The van der Waals surface area contributed by atoms with Crippen LogP contribution in [-0.2, 0) is 41.5 Å². The molecule has 0 fully saturated rings. The number of carbonyl (C=O) groups excluding carboxylic acids is 2. The zero-order valence-corrected chi connectivity index (χ0v) is 17.0. The molecule has 1 aliphatic heterocycles. The Morgan fingerprint density at radius 1 is 1.13 bits per heavy atom. The predicted molar refractivity (Wildman–Crippen MR) is 105 cm³/mol. The van der Waals surface area contributed by atoms with Gasteiger partial charge in [0.15, 0.2) is 6.29 Å². The fraction of sp³-hybridized carbons (Fsp3) is 0.429. The van der Waals surface area contributed by atoms with Gasteiger partial charge in [0.1, 0.15) is 18.8 Å². The third kappa shape index (κ3) is 6.78. The highest BCUT2D eigenvalue weighted by atomic mass is 16.7. The summed E-state index contributed by atoms with van der Waals surface area (Å²) in [5.41, 5.74) is 1.95. The van der Waals surface area contributed by atoms with E-state index in [0.29, 0.717) is 19.6 Å². The van der Waals surface area contributed by atoms with Gasteiger partial charge in [0.25, 0.3) is 0 Å². The lowest BCUT2D eigenvalue weighted by Crippen LogP contribution is -2.42. The molecule has 30 heavy (non-hydrogen) atoms. The maximum atomic E-state index is 11.3. The van der Waals surface area contributed by atoms with Gasteiger partial charge in [-0.15, -0.1) is 5.10 Å². The van der Waals surface area contributed by atoms with Gasteiger partial charge in [0, 0.05) is 26.5 Å². The van der Waals surface area contributed by atoms with Gasteiger partial charge in [-0.2, -0.15) is 0 Å². The lowest BCUT2D eigenvalue weighted by Gasteiger charge is -2.31. The zero-order chi connectivity index (χ0) is 21.3. The van der Waals surface area contributed by atoms with E-state index in [-0.39, 0.29) is 6.61 Å². The summed E-state index contributed by atoms with van der Waals surface area (Å²) in [7, 11) is 0. The smallest absolute Gasteiger partial charge is 0.303 e. The minimum atomic E-state index is -0.642. The molecular weight excluding hydrogens is 390 g/mol. The summed E-state index contributed by atoms with van der Waals surface area (Å²) in [5, 5.41) is 8.30. The van der Waals surface area contributed by atoms with Crippen LogP contribution in [0.1, 0.15) is 25.1 Å². The molecule has 1 aromatic carbocycles. The number of esters is 2. The molecule has 3 rings (SSSR count). The average molecular weight is 415 g/mol. The molecule has 0 spiro atoms. The minimum Gasteiger partial charge on any atom is -0.463 e. The molecule has 0 N–H and O–H groups in total. The maximum absolute atomic E-state index is 11.3. The van der Waals surface area contributed by atoms with E-state index in [1.807, 2.05) is 36.5 Å². The van der Waals surface area contributed by atoms with E-state index in [9.17, 15) is 9.59 Å². The van der Waals surface area contributed by atoms with Crippen molar-refractivity contribution in [1.82, 2.24) is 15.0 Å². The topological polar surface area (TPSA) is 102 Å². The zero-order valence-electron chi connectivity index (χ0n) is 17.0. The van der Waals surface area contributed by atoms with E-state index in [0.717, 1.165) is 11.3 Å². The van der Waals surface area contributed by atoms with Gasteiger partial charge in [-0.3, -0.25) is 9.59 Å². The van der Waals surface area contributed by atoms with Gasteiger partial charge in [0.05, 0.1) is 18.8 Å². The summed E-state index contributed by atoms with van der Waals surface area (Å²) in [6.45, 7) is 3.59. The fourth-order valence-corrected chi connectivity index (χ4v) is 2.93. The second kappa shape index (κ2) is 10.7. The molecule has 0 saturated carbocycles. The van der Waals surface area contributed by atoms with Gasteiger partial charge < -0.3 is 18.9 Å². The first kappa shape index (κ1) is 21.7. The molecule has 160 valence electrons. The van der Waals surface area contributed by atoms with Crippen molar-refractivity contribution in [3.63, 3.8) is 0 Å². The first-order valence-corrected chi connectivity index (χ1v) is 9.68. The van der Waals surface area contributed by atoms with Crippen LogP contribution in [0.25, 0.3) is 0 Å². The van der Waals surface area contributed by atoms with Crippen LogP contribution in [0.15, 0.2) is 48.7 Å². The number of benzene rings is 1. The summed E-state index contributed by atoms with van der Waals surface area (Å²) in [5.74, 6) is -0.884. The van der Waals surface area contributed by atoms with Crippen molar-refractivity contribution < 1.29 is 28.5 Å². The van der Waals surface area contributed by atoms with Crippen LogP contribution >= 0.6 is 0 Å². The van der Waals surface area contributed by atoms with Crippen LogP contribution in [-0.4, -0.2) is 58.6 Å². The van der Waals surface area contributed by atoms with Crippen molar-refractivity contribution in [3.05, 3.63) is 59.9 Å². The van der Waals surface area contributed by atoms with Crippen LogP contribution in [0.4, 0.5) is 0 Å². The number of carbonyl (C=O) groups is 2. The number of hydrogen-bond donors (Lipinski definition) is 0. The number of nitrogens with zero attached hydrogens (tertiary/aromatic N) is 3. The molecule has 2 heterocycles. The number of hydrogen-bond acceptors (Lipinski definition) is 8. The monoisotopic (exact) mass is 415 g/mol. The Morgan fingerprint density at radius 2 is 1.93 bits per heavy atom. The molecule has 0 amide bonds. The summed E-state index contributed by atoms with van der Waals surface area (Å²) >= 11 is 0. The highest BCUT2D eigenvalue weighted by Gasteiger charge is 2.31. The van der Waals surface area contributed by atoms with E-state index in [1.165, 1.54) is 13.8 Å². The van der Waals surface area contributed by atoms with E-state index >= 15 is 0 Å². The Balaban J connectivity index is 1.48. The highest BCUT2D eigenvalue weighted by molar-refractivity contribution is 5.66. The molecule has 1 unspecified atom stereocenters. The van der Waals surface area contributed by atoms with Gasteiger partial charge in [-0.1, -0.05) is 35.5 Å². The molecule has 0 saturated heterocycles. The van der Waals surface area contributed by atoms with Crippen LogP contribution < -0.4 is 0 Å². The van der Waals surface area contributed by atoms with Crippen molar-refractivity contribution in [2.45, 2.75) is 45.3 Å². The van der Waals surface area contributed by atoms with Crippen LogP contribution in [0, 0.1) is 0 Å². The number of aromatic nitrogens is 3. The average Bonchev–Trinajstić information content (AvgIpc) is 3.15. The largest absolute Gasteiger partial charge is 0.463 e. The van der Waals surface area contributed by atoms with Crippen molar-refractivity contribution in [3.8, 4) is 0 Å². The van der Waals surface area contributed by atoms with Crippen molar-refractivity contribution in [2.75, 3.05) is 13.2 Å². The molecule has 0 bridgehead atoms. The summed E-state index contributed by atoms with van der Waals surface area (Å²) in [6, 6.07) is 10.0. The van der Waals surface area contributed by atoms with Crippen molar-refractivity contribution in [1.29, 1.82) is 0 Å². The third-order valence-corrected chi connectivity index (χ3v) is 4.30. The van der Waals surface area contributed by atoms with Crippen molar-refractivity contribution >= 4 is 11.9 Å². The second-order valence-electron chi connectivity index (χ2n) is 6.82. The molecule has 3 atom stereocenters. The highest BCUT2D eigenvalue weighted by Crippen LogP contribution is 2.18. The Labute approximate surface area is 174 Å². The SMILES string of the molecule is CC(=O)OC[C@H]1OC(OCCc2cn(Cc3ccccc3)nn2)C=C[C@@H]1OC(C)=O. The molecule has 0 aliphatic carbocycles. The molecule has 1 aromatic heterocycles. The Hall–Kier alpha value is -3.04. The van der Waals surface area contributed by atoms with Gasteiger partial charge in [0.2, 0.25) is 0 Å². The van der Waals surface area contributed by atoms with Crippen LogP contribution in [0.5, 0.6) is 0 Å². The molecular formula is C21H25N3O6. The van der Waals surface area contributed by atoms with E-state index in [1.54, 1.807) is 16.8 Å². The summed E-state index contributed by atoms with van der Waals surface area (Å²) < 4.78 is 23.5. The van der Waals surface area contributed by atoms with Gasteiger partial charge in [-0.05, 0) is 17.7 Å². The number of ether oxygens (including phenoxy) is 4. The number of rotatable bonds is 9. The molecule has 1 aliphatic rings. The third-order valence-electron chi connectivity index (χ3n) is 4.30. The Kier molecular flexibility index (Phi) is 7.69. The molecule has 9 heteroatoms. The van der Waals surface area contributed by atoms with Crippen LogP contribution in [0.2, 0.25) is 0 Å². The van der Waals surface area contributed by atoms with E-state index in [2.05, 4.69) is 10.3 Å². The lowest BCUT2D eigenvalue weighted by atomic mass is 10.1. The normalized spacial score (nSPS) is 20.7. The first-order valence-electron chi connectivity index (χ1n) is 9.68. The summed E-state index contributed by atoms with van der Waals surface area (Å²) in [4.78, 5) is 22.4. The first-order chi connectivity index (χ1) is 14.5. The Morgan fingerprint density at radius 3 is 2.67 bits per heavy atom. The van der Waals surface area contributed by atoms with E-state index in [4.69, 9.17) is 18.9 Å².